The summed E-state index contributed by atoms with van der Waals surface area (Å²) >= 11 is 0. The monoisotopic (exact) mass is 341 g/mol. The third kappa shape index (κ3) is 4.81. The number of nitrogens with one attached hydrogen (secondary N) is 1. The van der Waals surface area contributed by atoms with E-state index in [1.54, 1.807) is 13.0 Å². The molecule has 8 heteroatoms. The van der Waals surface area contributed by atoms with Crippen LogP contribution >= 0.6 is 0 Å². The lowest BCUT2D eigenvalue weighted by atomic mass is 9.95. The van der Waals surface area contributed by atoms with Crippen molar-refractivity contribution in [1.29, 1.82) is 0 Å². The zero-order valence-corrected chi connectivity index (χ0v) is 13.4. The van der Waals surface area contributed by atoms with Crippen LogP contribution in [-0.2, 0) is 23.9 Å². The fourth-order valence-electron chi connectivity index (χ4n) is 2.17. The molecule has 1 N–H and O–H groups in total. The first-order chi connectivity index (χ1) is 11.3. The molecule has 0 bridgehead atoms. The summed E-state index contributed by atoms with van der Waals surface area (Å²) in [6.45, 7) is 3.67. The number of hydrogen-bond acceptors (Lipinski definition) is 4. The standard InChI is InChI=1S/C16H18F3N3O2/c1-3-14-21-22-15(24-14)9-20-13(23)7-10(2)11-5-4-6-12(8-11)16(17,18)19/h4-6,8,10H,3,7,9H2,1-2H3,(H,20,23). The minimum Gasteiger partial charge on any atom is -0.423 e. The first kappa shape index (κ1) is 18.0. The number of aromatic nitrogens is 2. The molecule has 0 aliphatic rings. The Labute approximate surface area is 137 Å². The summed E-state index contributed by atoms with van der Waals surface area (Å²) in [6.07, 6.45) is -3.73. The molecule has 24 heavy (non-hydrogen) atoms. The van der Waals surface area contributed by atoms with Crippen LogP contribution in [0.1, 0.15) is 49.1 Å². The lowest BCUT2D eigenvalue weighted by Gasteiger charge is -2.14. The van der Waals surface area contributed by atoms with Crippen LogP contribution in [0.4, 0.5) is 13.2 Å². The molecule has 0 saturated heterocycles. The minimum atomic E-state index is -4.40. The topological polar surface area (TPSA) is 68.0 Å². The lowest BCUT2D eigenvalue weighted by Crippen LogP contribution is -2.24. The van der Waals surface area contributed by atoms with Crippen molar-refractivity contribution in [2.45, 2.75) is 45.3 Å². The van der Waals surface area contributed by atoms with Gasteiger partial charge in [0.25, 0.3) is 0 Å². The molecule has 0 fully saturated rings. The Morgan fingerprint density at radius 1 is 1.29 bits per heavy atom. The summed E-state index contributed by atoms with van der Waals surface area (Å²) < 4.78 is 43.5. The van der Waals surface area contributed by atoms with Gasteiger partial charge in [-0.15, -0.1) is 10.2 Å². The lowest BCUT2D eigenvalue weighted by molar-refractivity contribution is -0.137. The highest BCUT2D eigenvalue weighted by Gasteiger charge is 2.30. The molecule has 0 aliphatic carbocycles. The molecule has 2 aromatic rings. The highest BCUT2D eigenvalue weighted by Crippen LogP contribution is 2.31. The molecule has 1 amide bonds. The molecule has 1 aromatic heterocycles. The summed E-state index contributed by atoms with van der Waals surface area (Å²) in [4.78, 5) is 11.9. The van der Waals surface area contributed by atoms with Crippen molar-refractivity contribution in [1.82, 2.24) is 15.5 Å². The summed E-state index contributed by atoms with van der Waals surface area (Å²) in [5, 5.41) is 10.2. The third-order valence-electron chi connectivity index (χ3n) is 3.52. The van der Waals surface area contributed by atoms with Crippen molar-refractivity contribution in [3.8, 4) is 0 Å². The number of rotatable bonds is 6. The Kier molecular flexibility index (Phi) is 5.58. The van der Waals surface area contributed by atoms with Gasteiger partial charge in [0.1, 0.15) is 0 Å². The van der Waals surface area contributed by atoms with Gasteiger partial charge in [-0.2, -0.15) is 13.2 Å². The quantitative estimate of drug-likeness (QED) is 0.874. The van der Waals surface area contributed by atoms with Gasteiger partial charge in [0.2, 0.25) is 17.7 Å². The SMILES string of the molecule is CCc1nnc(CNC(=O)CC(C)c2cccc(C(F)(F)F)c2)o1. The Bertz CT molecular complexity index is 698. The molecule has 0 spiro atoms. The molecule has 1 heterocycles. The number of hydrogen-bond donors (Lipinski definition) is 1. The van der Waals surface area contributed by atoms with E-state index in [1.807, 2.05) is 6.92 Å². The van der Waals surface area contributed by atoms with Crippen LogP contribution in [0.3, 0.4) is 0 Å². The van der Waals surface area contributed by atoms with E-state index < -0.39 is 11.7 Å². The normalized spacial score (nSPS) is 12.9. The molecule has 130 valence electrons. The van der Waals surface area contributed by atoms with Gasteiger partial charge in [0.05, 0.1) is 12.1 Å². The van der Waals surface area contributed by atoms with E-state index in [9.17, 15) is 18.0 Å². The first-order valence-electron chi connectivity index (χ1n) is 7.54. The van der Waals surface area contributed by atoms with Gasteiger partial charge < -0.3 is 9.73 Å². The van der Waals surface area contributed by atoms with E-state index in [1.165, 1.54) is 6.07 Å². The van der Waals surface area contributed by atoms with Crippen LogP contribution in [-0.4, -0.2) is 16.1 Å². The van der Waals surface area contributed by atoms with Crippen molar-refractivity contribution in [3.05, 3.63) is 47.2 Å². The highest BCUT2D eigenvalue weighted by molar-refractivity contribution is 5.76. The van der Waals surface area contributed by atoms with Gasteiger partial charge >= 0.3 is 6.18 Å². The maximum atomic E-state index is 12.7. The molecule has 2 rings (SSSR count). The van der Waals surface area contributed by atoms with Crippen molar-refractivity contribution in [2.75, 3.05) is 0 Å². The van der Waals surface area contributed by atoms with Gasteiger partial charge in [0, 0.05) is 12.8 Å². The first-order valence-corrected chi connectivity index (χ1v) is 7.54. The molecule has 0 saturated carbocycles. The van der Waals surface area contributed by atoms with E-state index in [0.29, 0.717) is 23.8 Å². The van der Waals surface area contributed by atoms with Gasteiger partial charge in [-0.3, -0.25) is 4.79 Å². The van der Waals surface area contributed by atoms with Crippen LogP contribution in [0.2, 0.25) is 0 Å². The van der Waals surface area contributed by atoms with Crippen LogP contribution in [0.15, 0.2) is 28.7 Å². The molecule has 1 unspecified atom stereocenters. The summed E-state index contributed by atoms with van der Waals surface area (Å²) in [5.74, 6) is 0.140. The predicted molar refractivity (Wildman–Crippen MR) is 80.0 cm³/mol. The van der Waals surface area contributed by atoms with Crippen LogP contribution < -0.4 is 5.32 Å². The second kappa shape index (κ2) is 7.46. The molecular formula is C16H18F3N3O2. The number of amides is 1. The van der Waals surface area contributed by atoms with Crippen molar-refractivity contribution >= 4 is 5.91 Å². The summed E-state index contributed by atoms with van der Waals surface area (Å²) in [6, 6.07) is 5.01. The Hall–Kier alpha value is -2.38. The van der Waals surface area contributed by atoms with Gasteiger partial charge in [-0.05, 0) is 17.5 Å². The molecular weight excluding hydrogens is 323 g/mol. The Morgan fingerprint density at radius 2 is 2.00 bits per heavy atom. The van der Waals surface area contributed by atoms with Crippen molar-refractivity contribution < 1.29 is 22.4 Å². The van der Waals surface area contributed by atoms with Crippen molar-refractivity contribution in [3.63, 3.8) is 0 Å². The van der Waals surface area contributed by atoms with E-state index >= 15 is 0 Å². The van der Waals surface area contributed by atoms with E-state index in [-0.39, 0.29) is 24.8 Å². The van der Waals surface area contributed by atoms with E-state index in [4.69, 9.17) is 4.42 Å². The number of alkyl halides is 3. The Balaban J connectivity index is 1.91. The zero-order chi connectivity index (χ0) is 17.7. The maximum absolute atomic E-state index is 12.7. The van der Waals surface area contributed by atoms with Crippen LogP contribution in [0.25, 0.3) is 0 Å². The average molecular weight is 341 g/mol. The fraction of sp³-hybridized carbons (Fsp3) is 0.438. The molecule has 0 radical (unpaired) electrons. The number of benzene rings is 1. The average Bonchev–Trinajstić information content (AvgIpc) is 3.00. The van der Waals surface area contributed by atoms with E-state index in [2.05, 4.69) is 15.5 Å². The number of carbonyl (C=O) groups is 1. The molecule has 0 aliphatic heterocycles. The molecule has 1 atom stereocenters. The molecule has 5 nitrogen and oxygen atoms in total. The van der Waals surface area contributed by atoms with E-state index in [0.717, 1.165) is 12.1 Å². The smallest absolute Gasteiger partial charge is 0.416 e. The maximum Gasteiger partial charge on any atom is 0.416 e. The second-order valence-corrected chi connectivity index (χ2v) is 5.45. The number of nitrogens with zero attached hydrogens (tertiary/aromatic N) is 2. The van der Waals surface area contributed by atoms with Crippen LogP contribution in [0, 0.1) is 0 Å². The minimum absolute atomic E-state index is 0.0656. The zero-order valence-electron chi connectivity index (χ0n) is 13.4. The van der Waals surface area contributed by atoms with Gasteiger partial charge in [-0.1, -0.05) is 32.0 Å². The number of halogens is 3. The number of aryl methyl sites for hydroxylation is 1. The Morgan fingerprint density at radius 3 is 2.62 bits per heavy atom. The summed E-state index contributed by atoms with van der Waals surface area (Å²) in [5.41, 5.74) is -0.253. The molecule has 1 aromatic carbocycles. The largest absolute Gasteiger partial charge is 0.423 e. The van der Waals surface area contributed by atoms with Crippen molar-refractivity contribution in [2.24, 2.45) is 0 Å². The number of carbonyl (C=O) groups excluding carboxylic acids is 1. The second-order valence-electron chi connectivity index (χ2n) is 5.45. The third-order valence-corrected chi connectivity index (χ3v) is 3.52. The van der Waals surface area contributed by atoms with Gasteiger partial charge in [0.15, 0.2) is 0 Å². The van der Waals surface area contributed by atoms with Crippen LogP contribution in [0.5, 0.6) is 0 Å². The van der Waals surface area contributed by atoms with Gasteiger partial charge in [-0.25, -0.2) is 0 Å². The highest BCUT2D eigenvalue weighted by atomic mass is 19.4. The summed E-state index contributed by atoms with van der Waals surface area (Å²) in [7, 11) is 0. The fourth-order valence-corrected chi connectivity index (χ4v) is 2.17. The predicted octanol–water partition coefficient (Wildman–Crippen LogP) is 3.46.